The van der Waals surface area contributed by atoms with E-state index in [-0.39, 0.29) is 31.2 Å². The zero-order valence-corrected chi connectivity index (χ0v) is 15.4. The van der Waals surface area contributed by atoms with Crippen molar-refractivity contribution in [2.75, 3.05) is 6.54 Å². The molecule has 0 spiro atoms. The minimum Gasteiger partial charge on any atom is -0.460 e. The lowest BCUT2D eigenvalue weighted by molar-refractivity contribution is -0.153. The Hall–Kier alpha value is -2.55. The second-order valence-electron chi connectivity index (χ2n) is 7.41. The van der Waals surface area contributed by atoms with Crippen molar-refractivity contribution in [3.8, 4) is 0 Å². The van der Waals surface area contributed by atoms with Crippen LogP contribution in [-0.4, -0.2) is 41.1 Å². The Morgan fingerprint density at radius 1 is 1.39 bits per heavy atom. The van der Waals surface area contributed by atoms with E-state index < -0.39 is 30.5 Å². The van der Waals surface area contributed by atoms with Crippen molar-refractivity contribution in [1.29, 1.82) is 0 Å². The molecule has 1 heterocycles. The zero-order chi connectivity index (χ0) is 20.1. The molecule has 10 heteroatoms. The fourth-order valence-corrected chi connectivity index (χ4v) is 4.49. The fraction of sp³-hybridized carbons (Fsp3) is 0.556. The molecule has 1 saturated heterocycles. The smallest absolute Gasteiger partial charge is 0.451 e. The summed E-state index contributed by atoms with van der Waals surface area (Å²) in [6, 6.07) is 9.17. The SMILES string of the molecule is [N-]=[N+]=NC1(C(=O)OCc2ccccc2)C[C@H]2C(=O)NC[C@H]2[C@@H]1CCCB(O)O. The molecule has 1 aliphatic carbocycles. The fourth-order valence-electron chi connectivity index (χ4n) is 4.49. The Balaban J connectivity index is 1.82. The van der Waals surface area contributed by atoms with Crippen LogP contribution in [0.5, 0.6) is 0 Å². The molecule has 9 nitrogen and oxygen atoms in total. The number of carbonyl (C=O) groups is 2. The first-order valence-electron chi connectivity index (χ1n) is 9.39. The minimum absolute atomic E-state index is 0.0476. The molecule has 1 aromatic rings. The molecule has 1 saturated carbocycles. The zero-order valence-electron chi connectivity index (χ0n) is 15.4. The third kappa shape index (κ3) is 3.99. The average molecular weight is 386 g/mol. The maximum Gasteiger partial charge on any atom is 0.451 e. The van der Waals surface area contributed by atoms with Gasteiger partial charge in [0.2, 0.25) is 5.91 Å². The van der Waals surface area contributed by atoms with E-state index in [1.54, 1.807) is 0 Å². The Morgan fingerprint density at radius 2 is 2.14 bits per heavy atom. The summed E-state index contributed by atoms with van der Waals surface area (Å²) in [6.45, 7) is 0.455. The lowest BCUT2D eigenvalue weighted by atomic mass is 9.76. The Bertz CT molecular complexity index is 770. The van der Waals surface area contributed by atoms with E-state index >= 15 is 0 Å². The second-order valence-corrected chi connectivity index (χ2v) is 7.41. The van der Waals surface area contributed by atoms with Gasteiger partial charge in [-0.05, 0) is 42.1 Å². The normalized spacial score (nSPS) is 28.2. The molecule has 2 fully saturated rings. The maximum absolute atomic E-state index is 13.1. The van der Waals surface area contributed by atoms with E-state index in [0.717, 1.165) is 5.56 Å². The molecule has 0 aromatic heterocycles. The molecule has 1 aliphatic heterocycles. The molecule has 0 radical (unpaired) electrons. The predicted molar refractivity (Wildman–Crippen MR) is 100 cm³/mol. The number of fused-ring (bicyclic) bond motifs is 1. The summed E-state index contributed by atoms with van der Waals surface area (Å²) in [7, 11) is -1.44. The third-order valence-electron chi connectivity index (χ3n) is 5.79. The highest BCUT2D eigenvalue weighted by Crippen LogP contribution is 2.51. The Labute approximate surface area is 162 Å². The van der Waals surface area contributed by atoms with Crippen molar-refractivity contribution in [3.63, 3.8) is 0 Å². The number of hydrogen-bond acceptors (Lipinski definition) is 6. The topological polar surface area (TPSA) is 145 Å². The van der Waals surface area contributed by atoms with Gasteiger partial charge in [-0.25, -0.2) is 0 Å². The van der Waals surface area contributed by atoms with Crippen molar-refractivity contribution < 1.29 is 24.4 Å². The Morgan fingerprint density at radius 3 is 2.82 bits per heavy atom. The van der Waals surface area contributed by atoms with Crippen LogP contribution in [0.25, 0.3) is 10.4 Å². The monoisotopic (exact) mass is 386 g/mol. The second kappa shape index (κ2) is 8.64. The van der Waals surface area contributed by atoms with Crippen LogP contribution in [0.2, 0.25) is 6.32 Å². The number of esters is 1. The Kier molecular flexibility index (Phi) is 6.23. The number of amides is 1. The molecule has 0 bridgehead atoms. The average Bonchev–Trinajstić information content (AvgIpc) is 3.19. The van der Waals surface area contributed by atoms with Crippen LogP contribution in [0.4, 0.5) is 0 Å². The van der Waals surface area contributed by atoms with Crippen molar-refractivity contribution in [1.82, 2.24) is 5.32 Å². The van der Waals surface area contributed by atoms with Crippen LogP contribution in [0.15, 0.2) is 35.4 Å². The molecular formula is C18H23BN4O5. The van der Waals surface area contributed by atoms with Gasteiger partial charge in [0.15, 0.2) is 0 Å². The number of azide groups is 1. The first-order valence-corrected chi connectivity index (χ1v) is 9.39. The van der Waals surface area contributed by atoms with Crippen LogP contribution in [0.3, 0.4) is 0 Å². The van der Waals surface area contributed by atoms with Gasteiger partial charge in [-0.3, -0.25) is 9.59 Å². The van der Waals surface area contributed by atoms with Gasteiger partial charge in [-0.15, -0.1) is 0 Å². The molecule has 3 N–H and O–H groups in total. The molecule has 1 amide bonds. The van der Waals surface area contributed by atoms with E-state index in [1.807, 2.05) is 30.3 Å². The van der Waals surface area contributed by atoms with Gasteiger partial charge in [0, 0.05) is 17.4 Å². The maximum atomic E-state index is 13.1. The van der Waals surface area contributed by atoms with Crippen molar-refractivity contribution in [2.45, 2.75) is 37.7 Å². The number of benzene rings is 1. The molecule has 2 aliphatic rings. The van der Waals surface area contributed by atoms with E-state index in [9.17, 15) is 9.59 Å². The van der Waals surface area contributed by atoms with E-state index in [4.69, 9.17) is 20.3 Å². The number of ether oxygens (including phenoxy) is 1. The lowest BCUT2D eigenvalue weighted by Crippen LogP contribution is -2.44. The molecule has 3 rings (SSSR count). The first kappa shape index (κ1) is 20.2. The van der Waals surface area contributed by atoms with Gasteiger partial charge in [0.05, 0.1) is 0 Å². The van der Waals surface area contributed by atoms with Gasteiger partial charge in [-0.1, -0.05) is 41.9 Å². The standard InChI is InChI=1S/C18H23BN4O5/c20-23-22-18(17(25)28-11-12-5-2-1-3-6-12)9-13-14(10-21-16(13)24)15(18)7-4-8-19(26)27/h1-3,5-6,13-15,26-27H,4,7-11H2,(H,21,24)/t13-,14-,15+,18?/m1/s1. The summed E-state index contributed by atoms with van der Waals surface area (Å²) in [4.78, 5) is 28.2. The van der Waals surface area contributed by atoms with Crippen molar-refractivity contribution in [2.24, 2.45) is 22.9 Å². The first-order chi connectivity index (χ1) is 13.5. The van der Waals surface area contributed by atoms with Crippen molar-refractivity contribution >= 4 is 19.0 Å². The van der Waals surface area contributed by atoms with Crippen LogP contribution >= 0.6 is 0 Å². The number of nitrogens with zero attached hydrogens (tertiary/aromatic N) is 3. The summed E-state index contributed by atoms with van der Waals surface area (Å²) in [5.41, 5.74) is 8.50. The highest BCUT2D eigenvalue weighted by molar-refractivity contribution is 6.40. The molecule has 148 valence electrons. The third-order valence-corrected chi connectivity index (χ3v) is 5.79. The number of nitrogens with one attached hydrogen (secondary N) is 1. The summed E-state index contributed by atoms with van der Waals surface area (Å²) in [6.07, 6.45) is 1.09. The van der Waals surface area contributed by atoms with Gasteiger partial charge < -0.3 is 20.1 Å². The molecule has 4 atom stereocenters. The summed E-state index contributed by atoms with van der Waals surface area (Å²) in [5.74, 6) is -1.76. The van der Waals surface area contributed by atoms with Crippen molar-refractivity contribution in [3.05, 3.63) is 46.3 Å². The quantitative estimate of drug-likeness (QED) is 0.203. The molecular weight excluding hydrogens is 363 g/mol. The van der Waals surface area contributed by atoms with Crippen LogP contribution in [-0.2, 0) is 20.9 Å². The van der Waals surface area contributed by atoms with E-state index in [2.05, 4.69) is 15.3 Å². The summed E-state index contributed by atoms with van der Waals surface area (Å²) in [5, 5.41) is 24.9. The van der Waals surface area contributed by atoms with Gasteiger partial charge >= 0.3 is 13.1 Å². The highest BCUT2D eigenvalue weighted by Gasteiger charge is 2.61. The molecule has 28 heavy (non-hydrogen) atoms. The number of hydrogen-bond donors (Lipinski definition) is 3. The highest BCUT2D eigenvalue weighted by atomic mass is 16.5. The van der Waals surface area contributed by atoms with E-state index in [1.165, 1.54) is 0 Å². The summed E-state index contributed by atoms with van der Waals surface area (Å²) >= 11 is 0. The van der Waals surface area contributed by atoms with Crippen LogP contribution in [0.1, 0.15) is 24.8 Å². The summed E-state index contributed by atoms with van der Waals surface area (Å²) < 4.78 is 5.49. The number of carbonyl (C=O) groups excluding carboxylic acids is 2. The predicted octanol–water partition coefficient (Wildman–Crippen LogP) is 1.41. The largest absolute Gasteiger partial charge is 0.460 e. The number of rotatable bonds is 8. The molecule has 1 aromatic carbocycles. The molecule has 1 unspecified atom stereocenters. The van der Waals surface area contributed by atoms with Gasteiger partial charge in [0.25, 0.3) is 0 Å². The van der Waals surface area contributed by atoms with Gasteiger partial charge in [-0.2, -0.15) is 0 Å². The van der Waals surface area contributed by atoms with Crippen LogP contribution < -0.4 is 5.32 Å². The van der Waals surface area contributed by atoms with Crippen LogP contribution in [0, 0.1) is 17.8 Å². The minimum atomic E-state index is -1.46. The lowest BCUT2D eigenvalue weighted by Gasteiger charge is -2.31. The van der Waals surface area contributed by atoms with E-state index in [0.29, 0.717) is 19.4 Å². The van der Waals surface area contributed by atoms with Gasteiger partial charge in [0.1, 0.15) is 12.1 Å².